The smallest absolute Gasteiger partial charge is 0.227 e. The third-order valence-electron chi connectivity index (χ3n) is 5.64. The van der Waals surface area contributed by atoms with Crippen LogP contribution in [0.15, 0.2) is 67.0 Å². The molecule has 1 aliphatic rings. The van der Waals surface area contributed by atoms with Gasteiger partial charge in [-0.05, 0) is 60.4 Å². The Hall–Kier alpha value is -3.21. The lowest BCUT2D eigenvalue weighted by Gasteiger charge is -2.32. The number of aromatic nitrogens is 2. The zero-order valence-electron chi connectivity index (χ0n) is 17.3. The summed E-state index contributed by atoms with van der Waals surface area (Å²) in [6.45, 7) is 1.56. The average molecular weight is 402 g/mol. The van der Waals surface area contributed by atoms with Crippen LogP contribution in [-0.4, -0.2) is 41.0 Å². The summed E-state index contributed by atoms with van der Waals surface area (Å²) < 4.78 is 5.33. The fourth-order valence-electron chi connectivity index (χ4n) is 4.05. The molecule has 1 amide bonds. The summed E-state index contributed by atoms with van der Waals surface area (Å²) in [6.07, 6.45) is 6.74. The summed E-state index contributed by atoms with van der Waals surface area (Å²) in [5.74, 6) is 1.32. The van der Waals surface area contributed by atoms with E-state index in [0.29, 0.717) is 6.42 Å². The molecule has 0 spiro atoms. The first-order valence-corrected chi connectivity index (χ1v) is 10.5. The quantitative estimate of drug-likeness (QED) is 0.626. The molecule has 1 fully saturated rings. The minimum Gasteiger partial charge on any atom is -0.497 e. The van der Waals surface area contributed by atoms with Gasteiger partial charge in [0.15, 0.2) is 0 Å². The highest BCUT2D eigenvalue weighted by Crippen LogP contribution is 2.27. The Kier molecular flexibility index (Phi) is 6.38. The van der Waals surface area contributed by atoms with E-state index in [1.807, 2.05) is 29.2 Å². The maximum atomic E-state index is 12.8. The Bertz CT molecular complexity index is 990. The molecule has 3 aromatic rings. The van der Waals surface area contributed by atoms with Gasteiger partial charge in [0.05, 0.1) is 13.5 Å². The van der Waals surface area contributed by atoms with Crippen molar-refractivity contribution < 1.29 is 9.53 Å². The molecular weight excluding hydrogens is 374 g/mol. The van der Waals surface area contributed by atoms with E-state index >= 15 is 0 Å². The number of likely N-dealkylation sites (tertiary alicyclic amines) is 1. The number of carbonyl (C=O) groups excluding carboxylic acids is 1. The number of piperidine rings is 1. The van der Waals surface area contributed by atoms with Crippen LogP contribution in [0.2, 0.25) is 0 Å². The number of rotatable bonds is 6. The number of amides is 1. The van der Waals surface area contributed by atoms with E-state index in [1.165, 1.54) is 5.56 Å². The number of hydrogen-bond donors (Lipinski definition) is 0. The predicted octanol–water partition coefficient (Wildman–Crippen LogP) is 4.02. The topological polar surface area (TPSA) is 55.3 Å². The van der Waals surface area contributed by atoms with Gasteiger partial charge >= 0.3 is 0 Å². The normalized spacial score (nSPS) is 16.3. The van der Waals surface area contributed by atoms with E-state index in [-0.39, 0.29) is 11.8 Å². The molecule has 5 heteroatoms. The maximum absolute atomic E-state index is 12.8. The number of methoxy groups -OCH3 is 1. The van der Waals surface area contributed by atoms with Crippen LogP contribution in [0, 0.1) is 0 Å². The zero-order chi connectivity index (χ0) is 20.8. The molecule has 0 radical (unpaired) electrons. The Morgan fingerprint density at radius 2 is 1.93 bits per heavy atom. The van der Waals surface area contributed by atoms with Crippen molar-refractivity contribution in [3.8, 4) is 5.75 Å². The highest BCUT2D eigenvalue weighted by molar-refractivity contribution is 5.78. The monoisotopic (exact) mass is 401 g/mol. The molecule has 1 atom stereocenters. The number of pyridine rings is 2. The molecule has 154 valence electrons. The first-order chi connectivity index (χ1) is 14.7. The minimum absolute atomic E-state index is 0.179. The van der Waals surface area contributed by atoms with Crippen molar-refractivity contribution in [2.24, 2.45) is 0 Å². The van der Waals surface area contributed by atoms with Crippen molar-refractivity contribution in [3.63, 3.8) is 0 Å². The van der Waals surface area contributed by atoms with E-state index in [1.54, 1.807) is 19.5 Å². The van der Waals surface area contributed by atoms with Crippen molar-refractivity contribution in [1.82, 2.24) is 14.9 Å². The SMILES string of the molecule is COc1cccc(Cc2cccc([C@H]3CCCN(C(=O)Cc4ccncc4)C3)n2)c1. The minimum atomic E-state index is 0.179. The summed E-state index contributed by atoms with van der Waals surface area (Å²) in [7, 11) is 1.68. The van der Waals surface area contributed by atoms with Crippen molar-refractivity contribution in [3.05, 3.63) is 89.5 Å². The van der Waals surface area contributed by atoms with E-state index < -0.39 is 0 Å². The summed E-state index contributed by atoms with van der Waals surface area (Å²) in [5, 5.41) is 0. The van der Waals surface area contributed by atoms with Crippen LogP contribution in [0.1, 0.15) is 41.3 Å². The highest BCUT2D eigenvalue weighted by atomic mass is 16.5. The van der Waals surface area contributed by atoms with Gasteiger partial charge in [-0.3, -0.25) is 14.8 Å². The van der Waals surface area contributed by atoms with Crippen LogP contribution < -0.4 is 4.74 Å². The highest BCUT2D eigenvalue weighted by Gasteiger charge is 2.25. The Balaban J connectivity index is 1.43. The van der Waals surface area contributed by atoms with Crippen LogP contribution in [0.5, 0.6) is 5.75 Å². The number of carbonyl (C=O) groups is 1. The summed E-state index contributed by atoms with van der Waals surface area (Å²) in [4.78, 5) is 23.7. The molecule has 3 heterocycles. The summed E-state index contributed by atoms with van der Waals surface area (Å²) in [6, 6.07) is 18.2. The molecule has 30 heavy (non-hydrogen) atoms. The van der Waals surface area contributed by atoms with Gasteiger partial charge in [0.25, 0.3) is 0 Å². The molecular formula is C25H27N3O2. The van der Waals surface area contributed by atoms with Crippen molar-refractivity contribution in [1.29, 1.82) is 0 Å². The average Bonchev–Trinajstić information content (AvgIpc) is 2.80. The van der Waals surface area contributed by atoms with Gasteiger partial charge in [-0.15, -0.1) is 0 Å². The molecule has 0 saturated carbocycles. The summed E-state index contributed by atoms with van der Waals surface area (Å²) in [5.41, 5.74) is 4.31. The van der Waals surface area contributed by atoms with Crippen LogP contribution in [0.4, 0.5) is 0 Å². The second-order valence-corrected chi connectivity index (χ2v) is 7.79. The van der Waals surface area contributed by atoms with E-state index in [9.17, 15) is 4.79 Å². The van der Waals surface area contributed by atoms with Gasteiger partial charge in [-0.2, -0.15) is 0 Å². The molecule has 1 aromatic carbocycles. The van der Waals surface area contributed by atoms with Gasteiger partial charge in [0, 0.05) is 49.2 Å². The van der Waals surface area contributed by atoms with Gasteiger partial charge in [0.2, 0.25) is 5.91 Å². The maximum Gasteiger partial charge on any atom is 0.227 e. The van der Waals surface area contributed by atoms with E-state index in [4.69, 9.17) is 9.72 Å². The lowest BCUT2D eigenvalue weighted by molar-refractivity contribution is -0.131. The third kappa shape index (κ3) is 5.03. The number of benzene rings is 1. The van der Waals surface area contributed by atoms with Crippen LogP contribution in [0.25, 0.3) is 0 Å². The Labute approximate surface area is 177 Å². The molecule has 1 aliphatic heterocycles. The van der Waals surface area contributed by atoms with Crippen molar-refractivity contribution >= 4 is 5.91 Å². The van der Waals surface area contributed by atoms with Crippen LogP contribution >= 0.6 is 0 Å². The van der Waals surface area contributed by atoms with E-state index in [0.717, 1.165) is 55.1 Å². The molecule has 5 nitrogen and oxygen atoms in total. The summed E-state index contributed by atoms with van der Waals surface area (Å²) >= 11 is 0. The lowest BCUT2D eigenvalue weighted by atomic mass is 9.93. The van der Waals surface area contributed by atoms with Crippen LogP contribution in [0.3, 0.4) is 0 Å². The predicted molar refractivity (Wildman–Crippen MR) is 117 cm³/mol. The Morgan fingerprint density at radius 3 is 2.77 bits per heavy atom. The van der Waals surface area contributed by atoms with E-state index in [2.05, 4.69) is 35.3 Å². The first kappa shape index (κ1) is 20.1. The molecule has 0 bridgehead atoms. The molecule has 0 aliphatic carbocycles. The zero-order valence-corrected chi connectivity index (χ0v) is 17.3. The first-order valence-electron chi connectivity index (χ1n) is 10.5. The van der Waals surface area contributed by atoms with Gasteiger partial charge < -0.3 is 9.64 Å². The second kappa shape index (κ2) is 9.53. The molecule has 2 aromatic heterocycles. The van der Waals surface area contributed by atoms with Gasteiger partial charge in [-0.25, -0.2) is 0 Å². The molecule has 0 unspecified atom stereocenters. The lowest BCUT2D eigenvalue weighted by Crippen LogP contribution is -2.40. The number of nitrogens with zero attached hydrogens (tertiary/aromatic N) is 3. The largest absolute Gasteiger partial charge is 0.497 e. The fourth-order valence-corrected chi connectivity index (χ4v) is 4.05. The molecule has 0 N–H and O–H groups in total. The number of hydrogen-bond acceptors (Lipinski definition) is 4. The van der Waals surface area contributed by atoms with Gasteiger partial charge in [0.1, 0.15) is 5.75 Å². The van der Waals surface area contributed by atoms with Crippen molar-refractivity contribution in [2.75, 3.05) is 20.2 Å². The van der Waals surface area contributed by atoms with Crippen molar-refractivity contribution in [2.45, 2.75) is 31.6 Å². The second-order valence-electron chi connectivity index (χ2n) is 7.79. The fraction of sp³-hybridized carbons (Fsp3) is 0.320. The van der Waals surface area contributed by atoms with Crippen LogP contribution in [-0.2, 0) is 17.6 Å². The molecule has 1 saturated heterocycles. The standard InChI is InChI=1S/C25H27N3O2/c1-30-23-8-2-5-20(16-23)15-22-7-3-9-24(27-22)21-6-4-14-28(18-21)25(29)17-19-10-12-26-13-11-19/h2-3,5,7-13,16,21H,4,6,14-15,17-18H2,1H3/t21-/m0/s1. The number of ether oxygens (including phenoxy) is 1. The third-order valence-corrected chi connectivity index (χ3v) is 5.64. The molecule has 4 rings (SSSR count). The Morgan fingerprint density at radius 1 is 1.10 bits per heavy atom. The van der Waals surface area contributed by atoms with Gasteiger partial charge in [-0.1, -0.05) is 18.2 Å².